The highest BCUT2D eigenvalue weighted by Gasteiger charge is 2.13. The van der Waals surface area contributed by atoms with Gasteiger partial charge in [-0.25, -0.2) is 9.97 Å². The Bertz CT molecular complexity index is 1110. The van der Waals surface area contributed by atoms with Crippen LogP contribution in [-0.4, -0.2) is 15.9 Å². The summed E-state index contributed by atoms with van der Waals surface area (Å²) in [5, 5.41) is 2.87. The summed E-state index contributed by atoms with van der Waals surface area (Å²) in [4.78, 5) is 21.5. The van der Waals surface area contributed by atoms with Crippen molar-refractivity contribution in [1.82, 2.24) is 9.97 Å². The lowest BCUT2D eigenvalue weighted by molar-refractivity contribution is 0.102. The number of ether oxygens (including phenoxy) is 1. The van der Waals surface area contributed by atoms with E-state index in [0.29, 0.717) is 28.5 Å². The van der Waals surface area contributed by atoms with E-state index >= 15 is 0 Å². The Labute approximate surface area is 169 Å². The molecule has 0 saturated heterocycles. The van der Waals surface area contributed by atoms with Gasteiger partial charge in [-0.2, -0.15) is 0 Å². The Kier molecular flexibility index (Phi) is 5.29. The van der Waals surface area contributed by atoms with E-state index < -0.39 is 0 Å². The molecule has 0 aliphatic rings. The van der Waals surface area contributed by atoms with E-state index in [-0.39, 0.29) is 5.91 Å². The van der Waals surface area contributed by atoms with Crippen LogP contribution in [0, 0.1) is 6.92 Å². The molecule has 29 heavy (non-hydrogen) atoms. The molecular formula is C24H19N3O2. The third-order valence-electron chi connectivity index (χ3n) is 4.35. The molecule has 0 fully saturated rings. The normalized spacial score (nSPS) is 10.4. The van der Waals surface area contributed by atoms with Crippen molar-refractivity contribution in [1.29, 1.82) is 0 Å². The number of benzene rings is 3. The van der Waals surface area contributed by atoms with Gasteiger partial charge >= 0.3 is 0 Å². The first-order valence-corrected chi connectivity index (χ1v) is 9.22. The molecule has 1 N–H and O–H groups in total. The molecule has 0 aliphatic carbocycles. The lowest BCUT2D eigenvalue weighted by atomic mass is 10.2. The van der Waals surface area contributed by atoms with Crippen LogP contribution >= 0.6 is 0 Å². The summed E-state index contributed by atoms with van der Waals surface area (Å²) >= 11 is 0. The number of anilines is 1. The van der Waals surface area contributed by atoms with Crippen molar-refractivity contribution >= 4 is 11.6 Å². The van der Waals surface area contributed by atoms with E-state index in [0.717, 1.165) is 11.3 Å². The molecule has 1 aromatic heterocycles. The van der Waals surface area contributed by atoms with Crippen LogP contribution in [0.2, 0.25) is 0 Å². The van der Waals surface area contributed by atoms with E-state index in [1.54, 1.807) is 25.3 Å². The molecule has 0 atom stereocenters. The number of carbonyl (C=O) groups is 1. The summed E-state index contributed by atoms with van der Waals surface area (Å²) in [5.41, 5.74) is 2.65. The van der Waals surface area contributed by atoms with Crippen molar-refractivity contribution in [3.05, 3.63) is 102 Å². The lowest BCUT2D eigenvalue weighted by Gasteiger charge is -2.10. The van der Waals surface area contributed by atoms with Crippen molar-refractivity contribution in [2.45, 2.75) is 6.92 Å². The molecule has 1 heterocycles. The number of aryl methyl sites for hydroxylation is 1. The van der Waals surface area contributed by atoms with Crippen molar-refractivity contribution < 1.29 is 9.53 Å². The Hall–Kier alpha value is -3.99. The number of amides is 1. The minimum Gasteiger partial charge on any atom is -0.457 e. The lowest BCUT2D eigenvalue weighted by Crippen LogP contribution is -2.15. The van der Waals surface area contributed by atoms with E-state index in [9.17, 15) is 4.79 Å². The molecular weight excluding hydrogens is 362 g/mol. The van der Waals surface area contributed by atoms with E-state index in [1.165, 1.54) is 0 Å². The van der Waals surface area contributed by atoms with Gasteiger partial charge in [-0.15, -0.1) is 0 Å². The molecule has 4 rings (SSSR count). The number of carbonyl (C=O) groups excluding carboxylic acids is 1. The van der Waals surface area contributed by atoms with Crippen LogP contribution in [-0.2, 0) is 0 Å². The first kappa shape index (κ1) is 18.4. The van der Waals surface area contributed by atoms with Gasteiger partial charge in [0.25, 0.3) is 5.91 Å². The monoisotopic (exact) mass is 381 g/mol. The van der Waals surface area contributed by atoms with E-state index in [1.807, 2.05) is 72.8 Å². The zero-order valence-corrected chi connectivity index (χ0v) is 15.9. The molecule has 0 spiro atoms. The number of para-hydroxylation sites is 1. The fraction of sp³-hybridized carbons (Fsp3) is 0.0417. The summed E-state index contributed by atoms with van der Waals surface area (Å²) < 4.78 is 5.76. The highest BCUT2D eigenvalue weighted by atomic mass is 16.5. The van der Waals surface area contributed by atoms with Gasteiger partial charge in [-0.05, 0) is 43.3 Å². The molecule has 5 nitrogen and oxygen atoms in total. The second-order valence-corrected chi connectivity index (χ2v) is 6.45. The highest BCUT2D eigenvalue weighted by molar-refractivity contribution is 6.04. The standard InChI is InChI=1S/C24H19N3O2/c1-17-22(16-25-23(26-17)18-8-4-2-5-9-18)24(28)27-19-12-14-21(15-13-19)29-20-10-6-3-7-11-20/h2-16H,1H3,(H,27,28). The Morgan fingerprint density at radius 2 is 1.45 bits per heavy atom. The van der Waals surface area contributed by atoms with Crippen LogP contribution in [0.25, 0.3) is 11.4 Å². The van der Waals surface area contributed by atoms with Crippen LogP contribution in [0.1, 0.15) is 16.1 Å². The Balaban J connectivity index is 1.45. The zero-order chi connectivity index (χ0) is 20.1. The number of aromatic nitrogens is 2. The maximum atomic E-state index is 12.6. The molecule has 0 unspecified atom stereocenters. The highest BCUT2D eigenvalue weighted by Crippen LogP contribution is 2.23. The maximum Gasteiger partial charge on any atom is 0.259 e. The van der Waals surface area contributed by atoms with Crippen molar-refractivity contribution in [2.75, 3.05) is 5.32 Å². The van der Waals surface area contributed by atoms with E-state index in [2.05, 4.69) is 15.3 Å². The number of nitrogens with zero attached hydrogens (tertiary/aromatic N) is 2. The van der Waals surface area contributed by atoms with Crippen LogP contribution in [0.15, 0.2) is 91.1 Å². The first-order chi connectivity index (χ1) is 14.2. The van der Waals surface area contributed by atoms with E-state index in [4.69, 9.17) is 4.74 Å². The molecule has 1 amide bonds. The van der Waals surface area contributed by atoms with Gasteiger partial charge in [0.05, 0.1) is 11.3 Å². The Morgan fingerprint density at radius 1 is 0.828 bits per heavy atom. The average molecular weight is 381 g/mol. The predicted octanol–water partition coefficient (Wildman–Crippen LogP) is 5.50. The zero-order valence-electron chi connectivity index (χ0n) is 15.9. The number of hydrogen-bond donors (Lipinski definition) is 1. The molecule has 5 heteroatoms. The summed E-state index contributed by atoms with van der Waals surface area (Å²) in [7, 11) is 0. The molecule has 0 radical (unpaired) electrons. The minimum absolute atomic E-state index is 0.251. The van der Waals surface area contributed by atoms with Gasteiger partial charge in [0, 0.05) is 17.4 Å². The van der Waals surface area contributed by atoms with Crippen molar-refractivity contribution in [2.24, 2.45) is 0 Å². The molecule has 0 aliphatic heterocycles. The summed E-state index contributed by atoms with van der Waals surface area (Å²) in [5.74, 6) is 1.80. The smallest absolute Gasteiger partial charge is 0.259 e. The molecule has 0 bridgehead atoms. The van der Waals surface area contributed by atoms with Crippen molar-refractivity contribution in [3.8, 4) is 22.9 Å². The third kappa shape index (κ3) is 4.47. The van der Waals surface area contributed by atoms with Gasteiger partial charge in [0.2, 0.25) is 0 Å². The largest absolute Gasteiger partial charge is 0.457 e. The Morgan fingerprint density at radius 3 is 2.10 bits per heavy atom. The quantitative estimate of drug-likeness (QED) is 0.496. The molecule has 0 saturated carbocycles. The second kappa shape index (κ2) is 8.35. The van der Waals surface area contributed by atoms with Crippen molar-refractivity contribution in [3.63, 3.8) is 0 Å². The van der Waals surface area contributed by atoms with Gasteiger partial charge in [0.1, 0.15) is 11.5 Å². The van der Waals surface area contributed by atoms with Crippen LogP contribution in [0.3, 0.4) is 0 Å². The fourth-order valence-corrected chi connectivity index (χ4v) is 2.85. The SMILES string of the molecule is Cc1nc(-c2ccccc2)ncc1C(=O)Nc1ccc(Oc2ccccc2)cc1. The molecule has 142 valence electrons. The number of rotatable bonds is 5. The number of hydrogen-bond acceptors (Lipinski definition) is 4. The average Bonchev–Trinajstić information content (AvgIpc) is 2.76. The van der Waals surface area contributed by atoms with Crippen LogP contribution in [0.5, 0.6) is 11.5 Å². The third-order valence-corrected chi connectivity index (χ3v) is 4.35. The van der Waals surface area contributed by atoms with Gasteiger partial charge in [0.15, 0.2) is 5.82 Å². The molecule has 4 aromatic rings. The summed E-state index contributed by atoms with van der Waals surface area (Å²) in [6, 6.07) is 26.4. The fourth-order valence-electron chi connectivity index (χ4n) is 2.85. The van der Waals surface area contributed by atoms with Crippen LogP contribution in [0.4, 0.5) is 5.69 Å². The van der Waals surface area contributed by atoms with Gasteiger partial charge in [-0.3, -0.25) is 4.79 Å². The topological polar surface area (TPSA) is 64.1 Å². The predicted molar refractivity (Wildman–Crippen MR) is 113 cm³/mol. The molecule has 3 aromatic carbocycles. The number of nitrogens with one attached hydrogen (secondary N) is 1. The first-order valence-electron chi connectivity index (χ1n) is 9.22. The van der Waals surface area contributed by atoms with Gasteiger partial charge in [-0.1, -0.05) is 48.5 Å². The van der Waals surface area contributed by atoms with Gasteiger partial charge < -0.3 is 10.1 Å². The second-order valence-electron chi connectivity index (χ2n) is 6.45. The summed E-state index contributed by atoms with van der Waals surface area (Å²) in [6.45, 7) is 1.81. The summed E-state index contributed by atoms with van der Waals surface area (Å²) in [6.07, 6.45) is 1.56. The minimum atomic E-state index is -0.251. The maximum absolute atomic E-state index is 12.6. The van der Waals surface area contributed by atoms with Crippen LogP contribution < -0.4 is 10.1 Å².